The maximum Gasteiger partial charge on any atom is 0.237 e. The first-order valence-corrected chi connectivity index (χ1v) is 14.8. The van der Waals surface area contributed by atoms with Crippen molar-refractivity contribution in [2.45, 2.75) is 25.0 Å². The van der Waals surface area contributed by atoms with Gasteiger partial charge < -0.3 is 15.8 Å². The second-order valence-electron chi connectivity index (χ2n) is 9.10. The van der Waals surface area contributed by atoms with Gasteiger partial charge in [-0.15, -0.1) is 0 Å². The highest BCUT2D eigenvalue weighted by atomic mass is 32.2. The molecule has 1 aliphatic heterocycles. The molecule has 0 aliphatic carbocycles. The van der Waals surface area contributed by atoms with Crippen molar-refractivity contribution < 1.29 is 30.7 Å². The van der Waals surface area contributed by atoms with Crippen LogP contribution in [0.4, 0.5) is 29.2 Å². The molecule has 0 unspecified atom stereocenters. The Bertz CT molecular complexity index is 1690. The number of nitrogens with two attached hydrogens (primary N) is 1. The molecule has 10 nitrogen and oxygen atoms in total. The Labute approximate surface area is 252 Å². The van der Waals surface area contributed by atoms with Crippen LogP contribution in [0.5, 0.6) is 11.6 Å². The zero-order valence-corrected chi connectivity index (χ0v) is 24.3. The van der Waals surface area contributed by atoms with Crippen LogP contribution in [-0.4, -0.2) is 43.6 Å². The zero-order valence-electron chi connectivity index (χ0n) is 23.5. The number of nitriles is 1. The second kappa shape index (κ2) is 16.1. The third kappa shape index (κ3) is 9.35. The first-order valence-electron chi connectivity index (χ1n) is 13.1. The summed E-state index contributed by atoms with van der Waals surface area (Å²) in [5.41, 5.74) is 5.42. The SMILES string of the molecule is C1CCNCC1.CF.N#Cc1ccc(CS(=O)(=O)Nc2c(F)cc(Oc3ncccc3-c3ccnc(N)n3)c(F)c2F)cc1. The van der Waals surface area contributed by atoms with E-state index in [2.05, 4.69) is 20.3 Å². The number of benzene rings is 2. The number of halogens is 4. The molecule has 0 atom stereocenters. The smallest absolute Gasteiger partial charge is 0.237 e. The summed E-state index contributed by atoms with van der Waals surface area (Å²) in [7, 11) is -3.85. The lowest BCUT2D eigenvalue weighted by atomic mass is 10.2. The van der Waals surface area contributed by atoms with E-state index in [9.17, 15) is 26.0 Å². The summed E-state index contributed by atoms with van der Waals surface area (Å²) in [6, 6.07) is 12.4. The van der Waals surface area contributed by atoms with Crippen LogP contribution >= 0.6 is 0 Å². The molecule has 5 rings (SSSR count). The van der Waals surface area contributed by atoms with Crippen LogP contribution in [0, 0.1) is 28.8 Å². The highest BCUT2D eigenvalue weighted by Crippen LogP contribution is 2.35. The van der Waals surface area contributed by atoms with Gasteiger partial charge in [-0.2, -0.15) is 9.65 Å². The number of rotatable bonds is 7. The van der Waals surface area contributed by atoms with Crippen molar-refractivity contribution in [3.05, 3.63) is 89.5 Å². The summed E-state index contributed by atoms with van der Waals surface area (Å²) in [5, 5.41) is 12.1. The fourth-order valence-electron chi connectivity index (χ4n) is 3.92. The molecule has 0 radical (unpaired) electrons. The number of anilines is 2. The van der Waals surface area contributed by atoms with Gasteiger partial charge in [0.05, 0.1) is 35.8 Å². The molecule has 4 N–H and O–H groups in total. The van der Waals surface area contributed by atoms with Gasteiger partial charge in [0.25, 0.3) is 0 Å². The van der Waals surface area contributed by atoms with Crippen LogP contribution in [-0.2, 0) is 15.8 Å². The van der Waals surface area contributed by atoms with Gasteiger partial charge >= 0.3 is 0 Å². The van der Waals surface area contributed by atoms with Crippen LogP contribution in [0.15, 0.2) is 60.9 Å². The Hall–Kier alpha value is -4.81. The van der Waals surface area contributed by atoms with Gasteiger partial charge in [-0.25, -0.2) is 32.2 Å². The van der Waals surface area contributed by atoms with Gasteiger partial charge in [-0.05, 0) is 61.8 Å². The lowest BCUT2D eigenvalue weighted by molar-refractivity contribution is 0.401. The van der Waals surface area contributed by atoms with Gasteiger partial charge in [-0.1, -0.05) is 18.6 Å². The number of hydrogen-bond acceptors (Lipinski definition) is 9. The normalized spacial score (nSPS) is 12.5. The molecular formula is C29H29F4N7O3S. The van der Waals surface area contributed by atoms with E-state index in [1.54, 1.807) is 4.72 Å². The number of ether oxygens (including phenoxy) is 1. The largest absolute Gasteiger partial charge is 0.435 e. The first-order chi connectivity index (χ1) is 21.2. The number of piperidine rings is 1. The molecule has 15 heteroatoms. The van der Waals surface area contributed by atoms with Crippen molar-refractivity contribution in [1.82, 2.24) is 20.3 Å². The minimum atomic E-state index is -4.35. The van der Waals surface area contributed by atoms with Crippen molar-refractivity contribution in [2.24, 2.45) is 0 Å². The average molecular weight is 632 g/mol. The third-order valence-electron chi connectivity index (χ3n) is 5.96. The summed E-state index contributed by atoms with van der Waals surface area (Å²) < 4.78 is 85.7. The van der Waals surface area contributed by atoms with Gasteiger partial charge in [0, 0.05) is 18.5 Å². The van der Waals surface area contributed by atoms with E-state index >= 15 is 0 Å². The Balaban J connectivity index is 0.000000582. The molecule has 0 amide bonds. The van der Waals surface area contributed by atoms with Crippen LogP contribution in [0.2, 0.25) is 0 Å². The summed E-state index contributed by atoms with van der Waals surface area (Å²) >= 11 is 0. The number of nitrogens with zero attached hydrogens (tertiary/aromatic N) is 4. The predicted octanol–water partition coefficient (Wildman–Crippen LogP) is 5.49. The Kier molecular flexibility index (Phi) is 12.4. The number of hydrogen-bond donors (Lipinski definition) is 3. The molecule has 44 heavy (non-hydrogen) atoms. The predicted molar refractivity (Wildman–Crippen MR) is 157 cm³/mol. The maximum absolute atomic E-state index is 14.8. The molecule has 2 aromatic heterocycles. The molecule has 1 fully saturated rings. The van der Waals surface area contributed by atoms with Crippen LogP contribution in [0.3, 0.4) is 0 Å². The third-order valence-corrected chi connectivity index (χ3v) is 7.19. The molecule has 232 valence electrons. The van der Waals surface area contributed by atoms with Crippen LogP contribution in [0.1, 0.15) is 30.4 Å². The molecule has 0 bridgehead atoms. The number of sulfonamides is 1. The van der Waals surface area contributed by atoms with Crippen molar-refractivity contribution in [3.63, 3.8) is 0 Å². The molecule has 1 saturated heterocycles. The summed E-state index contributed by atoms with van der Waals surface area (Å²) in [6.45, 7) is 2.50. The number of nitrogens with one attached hydrogen (secondary N) is 2. The summed E-state index contributed by atoms with van der Waals surface area (Å²) in [4.78, 5) is 11.7. The lowest BCUT2D eigenvalue weighted by Gasteiger charge is -2.14. The van der Waals surface area contributed by atoms with Crippen molar-refractivity contribution >= 4 is 21.7 Å². The number of aromatic nitrogens is 3. The fraction of sp³-hybridized carbons (Fsp3) is 0.241. The van der Waals surface area contributed by atoms with E-state index in [-0.39, 0.29) is 28.6 Å². The van der Waals surface area contributed by atoms with E-state index in [1.807, 2.05) is 6.07 Å². The minimum absolute atomic E-state index is 0.0526. The van der Waals surface area contributed by atoms with E-state index in [4.69, 9.17) is 15.7 Å². The first kappa shape index (κ1) is 33.7. The minimum Gasteiger partial charge on any atom is -0.435 e. The Morgan fingerprint density at radius 2 is 1.70 bits per heavy atom. The number of pyridine rings is 1. The van der Waals surface area contributed by atoms with E-state index in [0.717, 1.165) is 0 Å². The molecule has 4 aromatic rings. The Morgan fingerprint density at radius 3 is 2.30 bits per heavy atom. The number of alkyl halides is 1. The molecule has 1 aliphatic rings. The topological polar surface area (TPSA) is 156 Å². The molecule has 0 spiro atoms. The van der Waals surface area contributed by atoms with Crippen molar-refractivity contribution in [1.29, 1.82) is 5.26 Å². The van der Waals surface area contributed by atoms with E-state index < -0.39 is 44.7 Å². The number of nitrogen functional groups attached to an aromatic ring is 1. The summed E-state index contributed by atoms with van der Waals surface area (Å²) in [5.74, 6) is -6.70. The van der Waals surface area contributed by atoms with E-state index in [0.29, 0.717) is 18.8 Å². The monoisotopic (exact) mass is 631 g/mol. The summed E-state index contributed by atoms with van der Waals surface area (Å²) in [6.07, 6.45) is 6.89. The highest BCUT2D eigenvalue weighted by Gasteiger charge is 2.25. The van der Waals surface area contributed by atoms with E-state index in [1.165, 1.54) is 87.2 Å². The van der Waals surface area contributed by atoms with Gasteiger partial charge in [-0.3, -0.25) is 9.11 Å². The lowest BCUT2D eigenvalue weighted by Crippen LogP contribution is -2.21. The molecular weight excluding hydrogens is 602 g/mol. The van der Waals surface area contributed by atoms with Crippen molar-refractivity contribution in [2.75, 3.05) is 30.7 Å². The van der Waals surface area contributed by atoms with Gasteiger partial charge in [0.1, 0.15) is 5.69 Å². The average Bonchev–Trinajstić information content (AvgIpc) is 3.04. The quantitative estimate of drug-likeness (QED) is 0.177. The molecule has 3 heterocycles. The van der Waals surface area contributed by atoms with Gasteiger partial charge in [0.15, 0.2) is 17.4 Å². The maximum atomic E-state index is 14.8. The Morgan fingerprint density at radius 1 is 1.00 bits per heavy atom. The van der Waals surface area contributed by atoms with Crippen LogP contribution < -0.4 is 20.5 Å². The van der Waals surface area contributed by atoms with Crippen LogP contribution in [0.25, 0.3) is 11.3 Å². The highest BCUT2D eigenvalue weighted by molar-refractivity contribution is 7.91. The standard InChI is InChI=1S/C23H15F3N6O3S.C5H11N.CH3F/c24-16-10-18(35-22-15(2-1-8-29-22)17-7-9-30-23(28)31-17)19(25)20(26)21(16)32-36(33,34)12-14-5-3-13(11-27)4-6-14;1-2-4-6-5-3-1;1-2/h1-10,32H,12H2,(H2,28,30,31);6H,1-5H2;1H3. The second-order valence-corrected chi connectivity index (χ2v) is 10.8. The molecule has 0 saturated carbocycles. The zero-order chi connectivity index (χ0) is 32.1. The fourth-order valence-corrected chi connectivity index (χ4v) is 5.13. The molecule has 2 aromatic carbocycles. The van der Waals surface area contributed by atoms with Gasteiger partial charge in [0.2, 0.25) is 27.7 Å². The van der Waals surface area contributed by atoms with Crippen molar-refractivity contribution in [3.8, 4) is 29.0 Å².